The first-order valence-electron chi connectivity index (χ1n) is 9.11. The number of amides is 1. The molecule has 0 unspecified atom stereocenters. The molecule has 142 valence electrons. The van der Waals surface area contributed by atoms with Gasteiger partial charge in [0.2, 0.25) is 0 Å². The van der Waals surface area contributed by atoms with E-state index in [1.165, 1.54) is 10.4 Å². The molecule has 2 atom stereocenters. The second-order valence-corrected chi connectivity index (χ2v) is 8.52. The number of carbonyl (C=O) groups excluding carboxylic acids is 1. The molecule has 1 amide bonds. The molecule has 0 aliphatic carbocycles. The van der Waals surface area contributed by atoms with Gasteiger partial charge in [-0.15, -0.1) is 11.3 Å². The number of aliphatic hydroxyl groups excluding tert-OH is 1. The van der Waals surface area contributed by atoms with Gasteiger partial charge in [0.05, 0.1) is 6.10 Å². The van der Waals surface area contributed by atoms with Gasteiger partial charge in [-0.1, -0.05) is 17.9 Å². The molecule has 0 bridgehead atoms. The van der Waals surface area contributed by atoms with Gasteiger partial charge in [-0.25, -0.2) is 0 Å². The summed E-state index contributed by atoms with van der Waals surface area (Å²) in [6.45, 7) is 6.26. The molecular formula is C22H25NO3S. The first-order chi connectivity index (χ1) is 12.7. The molecule has 2 heterocycles. The maximum atomic E-state index is 12.9. The average Bonchev–Trinajstić information content (AvgIpc) is 3.04. The van der Waals surface area contributed by atoms with E-state index in [0.29, 0.717) is 24.2 Å². The van der Waals surface area contributed by atoms with Crippen molar-refractivity contribution in [2.24, 2.45) is 0 Å². The van der Waals surface area contributed by atoms with Gasteiger partial charge in [0, 0.05) is 35.0 Å². The van der Waals surface area contributed by atoms with Crippen LogP contribution in [0.5, 0.6) is 0 Å². The Morgan fingerprint density at radius 2 is 2.11 bits per heavy atom. The first kappa shape index (κ1) is 19.6. The summed E-state index contributed by atoms with van der Waals surface area (Å²) in [5, 5.41) is 22.4. The van der Waals surface area contributed by atoms with Crippen LogP contribution in [-0.2, 0) is 0 Å². The summed E-state index contributed by atoms with van der Waals surface area (Å²) in [6, 6.07) is 9.18. The molecule has 5 heteroatoms. The average molecular weight is 384 g/mol. The van der Waals surface area contributed by atoms with E-state index in [4.69, 9.17) is 0 Å². The SMILES string of the molecule is Cc1ccsc1[C@@H]1CCN(C(=O)c2cccc(C#CC(C)(C)O)c2)C[C@H]1O. The van der Waals surface area contributed by atoms with Crippen molar-refractivity contribution in [3.8, 4) is 11.8 Å². The van der Waals surface area contributed by atoms with E-state index < -0.39 is 11.7 Å². The summed E-state index contributed by atoms with van der Waals surface area (Å²) in [7, 11) is 0. The van der Waals surface area contributed by atoms with Crippen LogP contribution in [0.1, 0.15) is 52.5 Å². The highest BCUT2D eigenvalue weighted by atomic mass is 32.1. The minimum absolute atomic E-state index is 0.0951. The summed E-state index contributed by atoms with van der Waals surface area (Å²) in [5.74, 6) is 5.66. The molecule has 1 aromatic carbocycles. The minimum Gasteiger partial charge on any atom is -0.391 e. The molecule has 0 spiro atoms. The molecule has 1 aromatic heterocycles. The van der Waals surface area contributed by atoms with Crippen LogP contribution in [0.25, 0.3) is 0 Å². The fourth-order valence-electron chi connectivity index (χ4n) is 3.32. The normalized spacial score (nSPS) is 20.1. The van der Waals surface area contributed by atoms with Crippen molar-refractivity contribution < 1.29 is 15.0 Å². The highest BCUT2D eigenvalue weighted by Gasteiger charge is 2.32. The molecule has 3 rings (SSSR count). The summed E-state index contributed by atoms with van der Waals surface area (Å²) in [5.41, 5.74) is 1.37. The number of benzene rings is 1. The third kappa shape index (κ3) is 4.78. The summed E-state index contributed by atoms with van der Waals surface area (Å²) >= 11 is 1.68. The predicted octanol–water partition coefficient (Wildman–Crippen LogP) is 3.17. The van der Waals surface area contributed by atoms with Crippen molar-refractivity contribution in [3.05, 3.63) is 57.3 Å². The number of hydrogen-bond donors (Lipinski definition) is 2. The zero-order valence-corrected chi connectivity index (χ0v) is 16.7. The Labute approximate surface area is 164 Å². The standard InChI is InChI=1S/C22H25NO3S/c1-15-9-12-27-20(15)18-8-11-23(14-19(18)24)21(25)17-6-4-5-16(13-17)7-10-22(2,3)26/h4-6,9,12-13,18-19,24,26H,8,11,14H2,1-3H3/t18-,19-/m1/s1. The Hall–Kier alpha value is -2.13. The van der Waals surface area contributed by atoms with Gasteiger partial charge in [-0.05, 0) is 62.4 Å². The lowest BCUT2D eigenvalue weighted by Gasteiger charge is -2.36. The van der Waals surface area contributed by atoms with Crippen molar-refractivity contribution in [2.45, 2.75) is 44.8 Å². The van der Waals surface area contributed by atoms with Crippen molar-refractivity contribution in [2.75, 3.05) is 13.1 Å². The van der Waals surface area contributed by atoms with Gasteiger partial charge >= 0.3 is 0 Å². The second-order valence-electron chi connectivity index (χ2n) is 7.57. The van der Waals surface area contributed by atoms with Crippen molar-refractivity contribution >= 4 is 17.2 Å². The van der Waals surface area contributed by atoms with Gasteiger partial charge in [0.15, 0.2) is 0 Å². The molecule has 4 nitrogen and oxygen atoms in total. The fourth-order valence-corrected chi connectivity index (χ4v) is 4.45. The smallest absolute Gasteiger partial charge is 0.253 e. The maximum Gasteiger partial charge on any atom is 0.253 e. The van der Waals surface area contributed by atoms with Gasteiger partial charge < -0.3 is 15.1 Å². The monoisotopic (exact) mass is 383 g/mol. The molecule has 2 aromatic rings. The van der Waals surface area contributed by atoms with Crippen LogP contribution in [0, 0.1) is 18.8 Å². The van der Waals surface area contributed by atoms with Gasteiger partial charge in [0.25, 0.3) is 5.91 Å². The van der Waals surface area contributed by atoms with E-state index in [-0.39, 0.29) is 11.8 Å². The number of rotatable bonds is 2. The Kier molecular flexibility index (Phi) is 5.71. The number of β-amino-alcohol motifs (C(OH)–C–C–N with tert-alkyl or cyclic N) is 1. The maximum absolute atomic E-state index is 12.9. The van der Waals surface area contributed by atoms with Crippen LogP contribution in [0.15, 0.2) is 35.7 Å². The molecule has 1 aliphatic rings. The predicted molar refractivity (Wildman–Crippen MR) is 108 cm³/mol. The lowest BCUT2D eigenvalue weighted by Crippen LogP contribution is -2.45. The zero-order chi connectivity index (χ0) is 19.6. The quantitative estimate of drug-likeness (QED) is 0.783. The largest absolute Gasteiger partial charge is 0.391 e. The lowest BCUT2D eigenvalue weighted by molar-refractivity contribution is 0.0387. The Morgan fingerprint density at radius 3 is 2.74 bits per heavy atom. The number of piperidine rings is 1. The number of likely N-dealkylation sites (tertiary alicyclic amines) is 1. The molecule has 0 radical (unpaired) electrons. The fraction of sp³-hybridized carbons (Fsp3) is 0.409. The summed E-state index contributed by atoms with van der Waals surface area (Å²) in [4.78, 5) is 15.8. The molecule has 1 fully saturated rings. The van der Waals surface area contributed by atoms with Crippen LogP contribution in [0.3, 0.4) is 0 Å². The van der Waals surface area contributed by atoms with Gasteiger partial charge in [-0.2, -0.15) is 0 Å². The second kappa shape index (κ2) is 7.85. The third-order valence-electron chi connectivity index (χ3n) is 4.73. The lowest BCUT2D eigenvalue weighted by atomic mass is 9.90. The number of aryl methyl sites for hydroxylation is 1. The first-order valence-corrected chi connectivity index (χ1v) is 9.99. The van der Waals surface area contributed by atoms with E-state index in [9.17, 15) is 15.0 Å². The summed E-state index contributed by atoms with van der Waals surface area (Å²) in [6.07, 6.45) is 0.199. The highest BCUT2D eigenvalue weighted by Crippen LogP contribution is 2.34. The van der Waals surface area contributed by atoms with Crippen LogP contribution in [0.4, 0.5) is 0 Å². The van der Waals surface area contributed by atoms with Gasteiger partial charge in [-0.3, -0.25) is 4.79 Å². The van der Waals surface area contributed by atoms with E-state index in [2.05, 4.69) is 30.2 Å². The van der Waals surface area contributed by atoms with Crippen molar-refractivity contribution in [1.82, 2.24) is 4.90 Å². The van der Waals surface area contributed by atoms with E-state index in [1.807, 2.05) is 6.07 Å². The Morgan fingerprint density at radius 1 is 1.33 bits per heavy atom. The number of aliphatic hydroxyl groups is 2. The minimum atomic E-state index is -1.08. The molecule has 0 saturated carbocycles. The third-order valence-corrected chi connectivity index (χ3v) is 5.88. The van der Waals surface area contributed by atoms with Crippen molar-refractivity contribution in [3.63, 3.8) is 0 Å². The molecular weight excluding hydrogens is 358 g/mol. The summed E-state index contributed by atoms with van der Waals surface area (Å²) < 4.78 is 0. The molecule has 1 aliphatic heterocycles. The number of nitrogens with zero attached hydrogens (tertiary/aromatic N) is 1. The number of hydrogen-bond acceptors (Lipinski definition) is 4. The highest BCUT2D eigenvalue weighted by molar-refractivity contribution is 7.10. The van der Waals surface area contributed by atoms with Crippen LogP contribution in [-0.4, -0.2) is 45.8 Å². The zero-order valence-electron chi connectivity index (χ0n) is 15.9. The van der Waals surface area contributed by atoms with E-state index in [1.54, 1.807) is 48.3 Å². The van der Waals surface area contributed by atoms with Gasteiger partial charge in [0.1, 0.15) is 5.60 Å². The molecule has 2 N–H and O–H groups in total. The number of thiophene rings is 1. The molecule has 1 saturated heterocycles. The van der Waals surface area contributed by atoms with Crippen LogP contribution < -0.4 is 0 Å². The van der Waals surface area contributed by atoms with E-state index >= 15 is 0 Å². The van der Waals surface area contributed by atoms with Crippen LogP contribution in [0.2, 0.25) is 0 Å². The van der Waals surface area contributed by atoms with Crippen molar-refractivity contribution in [1.29, 1.82) is 0 Å². The molecule has 27 heavy (non-hydrogen) atoms. The Bertz CT molecular complexity index is 885. The number of carbonyl (C=O) groups is 1. The topological polar surface area (TPSA) is 60.8 Å². The van der Waals surface area contributed by atoms with Crippen LogP contribution >= 0.6 is 11.3 Å². The Balaban J connectivity index is 1.72. The van der Waals surface area contributed by atoms with E-state index in [0.717, 1.165) is 6.42 Å².